The average Bonchev–Trinajstić information content (AvgIpc) is 1.89. The Kier molecular flexibility index (Phi) is 7.70. The van der Waals surface area contributed by atoms with Gasteiger partial charge in [0.25, 0.3) is 0 Å². The van der Waals surface area contributed by atoms with Crippen molar-refractivity contribution in [2.24, 2.45) is 0 Å². The molecule has 0 aliphatic rings. The van der Waals surface area contributed by atoms with Crippen LogP contribution in [0.1, 0.15) is 13.8 Å². The number of hydrogen-bond donors (Lipinski definition) is 2. The molecule has 0 saturated heterocycles. The van der Waals surface area contributed by atoms with Crippen molar-refractivity contribution < 1.29 is 9.68 Å². The summed E-state index contributed by atoms with van der Waals surface area (Å²) in [5, 5.41) is 0. The Hall–Kier alpha value is -0.160. The molecular formula is C5H14N2O2. The molecular weight excluding hydrogens is 120 g/mol. The molecule has 0 atom stereocenters. The van der Waals surface area contributed by atoms with Crippen molar-refractivity contribution in [3.63, 3.8) is 0 Å². The zero-order valence-electron chi connectivity index (χ0n) is 5.94. The van der Waals surface area contributed by atoms with Crippen LogP contribution in [-0.2, 0) is 9.68 Å². The van der Waals surface area contributed by atoms with E-state index in [1.165, 1.54) is 0 Å². The first-order chi connectivity index (χ1) is 4.41. The van der Waals surface area contributed by atoms with Crippen molar-refractivity contribution in [1.82, 2.24) is 11.0 Å². The van der Waals surface area contributed by atoms with Crippen molar-refractivity contribution in [2.45, 2.75) is 13.8 Å². The van der Waals surface area contributed by atoms with Gasteiger partial charge in [-0.05, 0) is 0 Å². The Bertz CT molecular complexity index is 46.2. The summed E-state index contributed by atoms with van der Waals surface area (Å²) in [5.41, 5.74) is 5.28. The number of hydroxylamine groups is 2. The van der Waals surface area contributed by atoms with E-state index in [1.54, 1.807) is 0 Å². The molecule has 4 nitrogen and oxygen atoms in total. The number of hydrogen-bond acceptors (Lipinski definition) is 4. The van der Waals surface area contributed by atoms with Gasteiger partial charge in [-0.25, -0.2) is 11.0 Å². The Morgan fingerprint density at radius 2 is 1.44 bits per heavy atom. The smallest absolute Gasteiger partial charge is 0.186 e. The second kappa shape index (κ2) is 7.84. The summed E-state index contributed by atoms with van der Waals surface area (Å²) in [6.07, 6.45) is 0. The van der Waals surface area contributed by atoms with E-state index in [2.05, 4.69) is 11.0 Å². The van der Waals surface area contributed by atoms with Gasteiger partial charge in [0.15, 0.2) is 6.79 Å². The van der Waals surface area contributed by atoms with Crippen molar-refractivity contribution in [2.75, 3.05) is 19.9 Å². The van der Waals surface area contributed by atoms with Gasteiger partial charge in [-0.1, -0.05) is 13.8 Å². The van der Waals surface area contributed by atoms with E-state index in [9.17, 15) is 0 Å². The van der Waals surface area contributed by atoms with E-state index >= 15 is 0 Å². The lowest BCUT2D eigenvalue weighted by atomic mass is 10.8. The lowest BCUT2D eigenvalue weighted by molar-refractivity contribution is -0.132. The highest BCUT2D eigenvalue weighted by Crippen LogP contribution is 1.66. The summed E-state index contributed by atoms with van der Waals surface area (Å²) >= 11 is 0. The zero-order valence-corrected chi connectivity index (χ0v) is 5.94. The van der Waals surface area contributed by atoms with Crippen molar-refractivity contribution >= 4 is 0 Å². The maximum atomic E-state index is 4.75. The standard InChI is InChI=1S/C5H14N2O2/c1-3-6-8-5-9-7-4-2/h6-7H,3-5H2,1-2H3. The van der Waals surface area contributed by atoms with Gasteiger partial charge in [0.2, 0.25) is 0 Å². The Labute approximate surface area is 55.4 Å². The van der Waals surface area contributed by atoms with E-state index in [0.717, 1.165) is 13.1 Å². The topological polar surface area (TPSA) is 42.5 Å². The van der Waals surface area contributed by atoms with Crippen LogP contribution in [0.25, 0.3) is 0 Å². The molecule has 56 valence electrons. The van der Waals surface area contributed by atoms with Gasteiger partial charge in [-0.2, -0.15) is 0 Å². The number of nitrogens with one attached hydrogen (secondary N) is 2. The predicted molar refractivity (Wildman–Crippen MR) is 34.4 cm³/mol. The highest BCUT2D eigenvalue weighted by molar-refractivity contribution is 4.13. The Morgan fingerprint density at radius 3 is 1.78 bits per heavy atom. The molecule has 0 rings (SSSR count). The van der Waals surface area contributed by atoms with Gasteiger partial charge in [0, 0.05) is 13.1 Å². The molecule has 0 spiro atoms. The molecule has 0 aliphatic heterocycles. The summed E-state index contributed by atoms with van der Waals surface area (Å²) in [7, 11) is 0. The fourth-order valence-corrected chi connectivity index (χ4v) is 0.317. The van der Waals surface area contributed by atoms with Crippen LogP contribution in [0.5, 0.6) is 0 Å². The second-order valence-corrected chi connectivity index (χ2v) is 1.40. The molecule has 0 heterocycles. The van der Waals surface area contributed by atoms with Gasteiger partial charge in [-0.3, -0.25) is 9.68 Å². The minimum absolute atomic E-state index is 0.238. The predicted octanol–water partition coefficient (Wildman–Crippen LogP) is 0.0261. The molecule has 0 aromatic rings. The third kappa shape index (κ3) is 7.84. The van der Waals surface area contributed by atoms with E-state index in [0.29, 0.717) is 0 Å². The highest BCUT2D eigenvalue weighted by Gasteiger charge is 1.81. The van der Waals surface area contributed by atoms with Crippen molar-refractivity contribution in [3.05, 3.63) is 0 Å². The molecule has 2 N–H and O–H groups in total. The van der Waals surface area contributed by atoms with Crippen LogP contribution in [0.4, 0.5) is 0 Å². The average molecular weight is 134 g/mol. The Morgan fingerprint density at radius 1 is 1.00 bits per heavy atom. The molecule has 0 radical (unpaired) electrons. The van der Waals surface area contributed by atoms with Crippen LogP contribution in [0.3, 0.4) is 0 Å². The molecule has 0 fully saturated rings. The largest absolute Gasteiger partial charge is 0.272 e. The van der Waals surface area contributed by atoms with Crippen LogP contribution in [0.15, 0.2) is 0 Å². The van der Waals surface area contributed by atoms with Crippen LogP contribution in [0.2, 0.25) is 0 Å². The third-order valence-corrected chi connectivity index (χ3v) is 0.611. The van der Waals surface area contributed by atoms with Gasteiger partial charge in [0.1, 0.15) is 0 Å². The molecule has 4 heteroatoms. The summed E-state index contributed by atoms with van der Waals surface area (Å²) in [4.78, 5) is 9.50. The van der Waals surface area contributed by atoms with Gasteiger partial charge in [-0.15, -0.1) is 0 Å². The first-order valence-corrected chi connectivity index (χ1v) is 3.11. The highest BCUT2D eigenvalue weighted by atomic mass is 16.8. The van der Waals surface area contributed by atoms with Crippen LogP contribution >= 0.6 is 0 Å². The third-order valence-electron chi connectivity index (χ3n) is 0.611. The SMILES string of the molecule is CCNOCONCC. The van der Waals surface area contributed by atoms with Crippen molar-refractivity contribution in [3.8, 4) is 0 Å². The second-order valence-electron chi connectivity index (χ2n) is 1.40. The minimum Gasteiger partial charge on any atom is -0.272 e. The molecule has 0 unspecified atom stereocenters. The molecule has 0 aliphatic carbocycles. The van der Waals surface area contributed by atoms with Crippen molar-refractivity contribution in [1.29, 1.82) is 0 Å². The van der Waals surface area contributed by atoms with E-state index < -0.39 is 0 Å². The maximum Gasteiger partial charge on any atom is 0.186 e. The lowest BCUT2D eigenvalue weighted by Crippen LogP contribution is -2.21. The van der Waals surface area contributed by atoms with Gasteiger partial charge >= 0.3 is 0 Å². The van der Waals surface area contributed by atoms with E-state index in [-0.39, 0.29) is 6.79 Å². The summed E-state index contributed by atoms with van der Waals surface area (Å²) in [6, 6.07) is 0. The van der Waals surface area contributed by atoms with Crippen LogP contribution in [0, 0.1) is 0 Å². The van der Waals surface area contributed by atoms with Crippen LogP contribution in [-0.4, -0.2) is 19.9 Å². The molecule has 0 saturated carbocycles. The fourth-order valence-electron chi connectivity index (χ4n) is 0.317. The molecule has 0 bridgehead atoms. The Balaban J connectivity index is 2.60. The fraction of sp³-hybridized carbons (Fsp3) is 1.00. The number of rotatable bonds is 6. The molecule has 0 aromatic heterocycles. The quantitative estimate of drug-likeness (QED) is 0.305. The first kappa shape index (κ1) is 8.84. The van der Waals surface area contributed by atoms with E-state index in [1.807, 2.05) is 13.8 Å². The minimum atomic E-state index is 0.238. The molecule has 9 heavy (non-hydrogen) atoms. The monoisotopic (exact) mass is 134 g/mol. The van der Waals surface area contributed by atoms with E-state index in [4.69, 9.17) is 9.68 Å². The summed E-state index contributed by atoms with van der Waals surface area (Å²) in [6.45, 7) is 5.72. The van der Waals surface area contributed by atoms with Gasteiger partial charge in [0.05, 0.1) is 0 Å². The molecule has 0 amide bonds. The van der Waals surface area contributed by atoms with Gasteiger partial charge < -0.3 is 0 Å². The maximum absolute atomic E-state index is 4.75. The first-order valence-electron chi connectivity index (χ1n) is 3.11. The van der Waals surface area contributed by atoms with Crippen LogP contribution < -0.4 is 11.0 Å². The molecule has 0 aromatic carbocycles. The lowest BCUT2D eigenvalue weighted by Gasteiger charge is -2.03. The normalized spacial score (nSPS) is 10.0. The summed E-state index contributed by atoms with van der Waals surface area (Å²) < 4.78 is 0. The zero-order chi connectivity index (χ0) is 6.95. The summed E-state index contributed by atoms with van der Waals surface area (Å²) in [5.74, 6) is 0.